The molecule has 2 nitrogen and oxygen atoms in total. The molecule has 16 heavy (non-hydrogen) atoms. The SMILES string of the molecule is COc1c(C)cc(Cl)cc1C1CC1(C)C#N. The third kappa shape index (κ3) is 1.66. The molecule has 0 amide bonds. The number of benzene rings is 1. The van der Waals surface area contributed by atoms with Crippen LogP contribution in [0, 0.1) is 23.7 Å². The van der Waals surface area contributed by atoms with E-state index in [-0.39, 0.29) is 11.3 Å². The van der Waals surface area contributed by atoms with E-state index in [2.05, 4.69) is 6.07 Å². The fourth-order valence-corrected chi connectivity index (χ4v) is 2.52. The summed E-state index contributed by atoms with van der Waals surface area (Å²) in [6, 6.07) is 6.16. The van der Waals surface area contributed by atoms with Crippen LogP contribution < -0.4 is 4.74 Å². The minimum atomic E-state index is -0.246. The second-order valence-corrected chi connectivity index (χ2v) is 5.07. The molecule has 1 fully saturated rings. The van der Waals surface area contributed by atoms with Crippen molar-refractivity contribution in [2.75, 3.05) is 7.11 Å². The Kier molecular flexibility index (Phi) is 2.59. The van der Waals surface area contributed by atoms with Crippen LogP contribution in [-0.2, 0) is 0 Å². The smallest absolute Gasteiger partial charge is 0.125 e. The van der Waals surface area contributed by atoms with Crippen molar-refractivity contribution >= 4 is 11.6 Å². The number of nitriles is 1. The molecule has 0 radical (unpaired) electrons. The number of rotatable bonds is 2. The van der Waals surface area contributed by atoms with E-state index >= 15 is 0 Å². The van der Waals surface area contributed by atoms with E-state index in [9.17, 15) is 0 Å². The summed E-state index contributed by atoms with van der Waals surface area (Å²) in [4.78, 5) is 0. The molecule has 0 heterocycles. The van der Waals surface area contributed by atoms with Gasteiger partial charge >= 0.3 is 0 Å². The van der Waals surface area contributed by atoms with Gasteiger partial charge in [-0.3, -0.25) is 0 Å². The molecule has 2 atom stereocenters. The average molecular weight is 236 g/mol. The Morgan fingerprint density at radius 2 is 2.25 bits per heavy atom. The minimum absolute atomic E-state index is 0.246. The second kappa shape index (κ2) is 3.68. The summed E-state index contributed by atoms with van der Waals surface area (Å²) in [5.74, 6) is 1.12. The molecule has 0 N–H and O–H groups in total. The molecule has 1 saturated carbocycles. The van der Waals surface area contributed by atoms with Crippen molar-refractivity contribution in [1.82, 2.24) is 0 Å². The van der Waals surface area contributed by atoms with Crippen molar-refractivity contribution in [3.8, 4) is 11.8 Å². The summed E-state index contributed by atoms with van der Waals surface area (Å²) < 4.78 is 5.40. The molecule has 0 saturated heterocycles. The van der Waals surface area contributed by atoms with E-state index in [0.29, 0.717) is 5.02 Å². The first-order chi connectivity index (χ1) is 7.51. The Morgan fingerprint density at radius 1 is 1.56 bits per heavy atom. The Morgan fingerprint density at radius 3 is 2.75 bits per heavy atom. The van der Waals surface area contributed by atoms with Crippen LogP contribution in [0.4, 0.5) is 0 Å². The van der Waals surface area contributed by atoms with Gasteiger partial charge in [-0.2, -0.15) is 5.26 Å². The number of aryl methyl sites for hydroxylation is 1. The summed E-state index contributed by atoms with van der Waals surface area (Å²) in [6.07, 6.45) is 0.889. The molecule has 2 rings (SSSR count). The van der Waals surface area contributed by atoms with Gasteiger partial charge in [0.25, 0.3) is 0 Å². The maximum absolute atomic E-state index is 9.08. The molecule has 84 valence electrons. The zero-order chi connectivity index (χ0) is 11.9. The Hall–Kier alpha value is -1.20. The summed E-state index contributed by atoms with van der Waals surface area (Å²) >= 11 is 6.05. The lowest BCUT2D eigenvalue weighted by Gasteiger charge is -2.12. The standard InChI is InChI=1S/C13H14ClNO/c1-8-4-9(14)5-10(12(8)16-3)11-6-13(11,2)7-15/h4-5,11H,6H2,1-3H3. The third-order valence-corrected chi connectivity index (χ3v) is 3.56. The van der Waals surface area contributed by atoms with Crippen molar-refractivity contribution in [2.24, 2.45) is 5.41 Å². The van der Waals surface area contributed by atoms with Crippen LogP contribution in [0.3, 0.4) is 0 Å². The van der Waals surface area contributed by atoms with Crippen LogP contribution in [0.1, 0.15) is 30.4 Å². The number of hydrogen-bond donors (Lipinski definition) is 0. The molecule has 0 spiro atoms. The summed E-state index contributed by atoms with van der Waals surface area (Å²) in [5, 5.41) is 9.78. The predicted molar refractivity (Wildman–Crippen MR) is 63.8 cm³/mol. The second-order valence-electron chi connectivity index (χ2n) is 4.63. The van der Waals surface area contributed by atoms with E-state index in [1.807, 2.05) is 26.0 Å². The van der Waals surface area contributed by atoms with E-state index < -0.39 is 0 Å². The normalized spacial score (nSPS) is 27.3. The first-order valence-electron chi connectivity index (χ1n) is 5.27. The van der Waals surface area contributed by atoms with E-state index in [4.69, 9.17) is 21.6 Å². The van der Waals surface area contributed by atoms with Crippen molar-refractivity contribution in [3.63, 3.8) is 0 Å². The number of ether oxygens (including phenoxy) is 1. The molecule has 3 heteroatoms. The van der Waals surface area contributed by atoms with Gasteiger partial charge in [-0.1, -0.05) is 11.6 Å². The lowest BCUT2D eigenvalue weighted by atomic mass is 9.99. The highest BCUT2D eigenvalue weighted by Crippen LogP contribution is 2.60. The van der Waals surface area contributed by atoms with Crippen molar-refractivity contribution < 1.29 is 4.74 Å². The van der Waals surface area contributed by atoms with Crippen LogP contribution in [0.2, 0.25) is 5.02 Å². The monoisotopic (exact) mass is 235 g/mol. The maximum Gasteiger partial charge on any atom is 0.125 e. The van der Waals surface area contributed by atoms with Crippen LogP contribution in [0.5, 0.6) is 5.75 Å². The molecule has 1 aromatic rings. The van der Waals surface area contributed by atoms with Gasteiger partial charge in [0.05, 0.1) is 18.6 Å². The molecule has 2 unspecified atom stereocenters. The number of halogens is 1. The summed E-state index contributed by atoms with van der Waals surface area (Å²) in [6.45, 7) is 3.95. The molecule has 0 aromatic heterocycles. The first-order valence-corrected chi connectivity index (χ1v) is 5.65. The van der Waals surface area contributed by atoms with Crippen molar-refractivity contribution in [2.45, 2.75) is 26.2 Å². The highest BCUT2D eigenvalue weighted by molar-refractivity contribution is 6.30. The highest BCUT2D eigenvalue weighted by atomic mass is 35.5. The molecule has 1 aliphatic rings. The zero-order valence-corrected chi connectivity index (χ0v) is 10.4. The van der Waals surface area contributed by atoms with Gasteiger partial charge in [0, 0.05) is 16.5 Å². The van der Waals surface area contributed by atoms with Crippen molar-refractivity contribution in [3.05, 3.63) is 28.3 Å². The largest absolute Gasteiger partial charge is 0.496 e. The topological polar surface area (TPSA) is 33.0 Å². The Bertz CT molecular complexity index is 478. The Balaban J connectivity index is 2.46. The lowest BCUT2D eigenvalue weighted by Crippen LogP contribution is -1.98. The quantitative estimate of drug-likeness (QED) is 0.784. The highest BCUT2D eigenvalue weighted by Gasteiger charge is 2.52. The fourth-order valence-electron chi connectivity index (χ4n) is 2.24. The number of hydrogen-bond acceptors (Lipinski definition) is 2. The minimum Gasteiger partial charge on any atom is -0.496 e. The van der Waals surface area contributed by atoms with Crippen molar-refractivity contribution in [1.29, 1.82) is 5.26 Å². The van der Waals surface area contributed by atoms with E-state index in [0.717, 1.165) is 23.3 Å². The molecule has 1 aromatic carbocycles. The molecule has 0 aliphatic heterocycles. The first kappa shape index (κ1) is 11.3. The average Bonchev–Trinajstić information content (AvgIpc) is 2.91. The Labute approximate surface area is 101 Å². The van der Waals surface area contributed by atoms with Gasteiger partial charge in [-0.05, 0) is 38.0 Å². The van der Waals surface area contributed by atoms with Crippen LogP contribution in [-0.4, -0.2) is 7.11 Å². The maximum atomic E-state index is 9.08. The predicted octanol–water partition coefficient (Wildman–Crippen LogP) is 3.67. The summed E-state index contributed by atoms with van der Waals surface area (Å²) in [5.41, 5.74) is 1.85. The van der Waals surface area contributed by atoms with E-state index in [1.165, 1.54) is 0 Å². The number of methoxy groups -OCH3 is 1. The van der Waals surface area contributed by atoms with Gasteiger partial charge in [0.2, 0.25) is 0 Å². The van der Waals surface area contributed by atoms with Crippen LogP contribution >= 0.6 is 11.6 Å². The third-order valence-electron chi connectivity index (χ3n) is 3.34. The van der Waals surface area contributed by atoms with Crippen LogP contribution in [0.15, 0.2) is 12.1 Å². The van der Waals surface area contributed by atoms with Gasteiger partial charge < -0.3 is 4.74 Å². The number of nitrogens with zero attached hydrogens (tertiary/aromatic N) is 1. The van der Waals surface area contributed by atoms with Gasteiger partial charge in [-0.15, -0.1) is 0 Å². The lowest BCUT2D eigenvalue weighted by molar-refractivity contribution is 0.405. The molecular weight excluding hydrogens is 222 g/mol. The zero-order valence-electron chi connectivity index (χ0n) is 9.67. The van der Waals surface area contributed by atoms with E-state index in [1.54, 1.807) is 7.11 Å². The van der Waals surface area contributed by atoms with Gasteiger partial charge in [-0.25, -0.2) is 0 Å². The van der Waals surface area contributed by atoms with Gasteiger partial charge in [0.15, 0.2) is 0 Å². The fraction of sp³-hybridized carbons (Fsp3) is 0.462. The molecular formula is C13H14ClNO. The molecule has 1 aliphatic carbocycles. The van der Waals surface area contributed by atoms with Crippen LogP contribution in [0.25, 0.3) is 0 Å². The van der Waals surface area contributed by atoms with Gasteiger partial charge in [0.1, 0.15) is 5.75 Å². The molecule has 0 bridgehead atoms. The summed E-state index contributed by atoms with van der Waals surface area (Å²) in [7, 11) is 1.66.